The number of benzene rings is 1. The van der Waals surface area contributed by atoms with Crippen LogP contribution in [-0.2, 0) is 0 Å². The maximum Gasteiger partial charge on any atom is 0.405 e. The molecule has 1 rings (SSSR count). The number of hydrogen-bond donors (Lipinski definition) is 1. The number of halogens is 4. The van der Waals surface area contributed by atoms with Crippen molar-refractivity contribution < 1.29 is 18.3 Å². The molecule has 98 valence electrons. The van der Waals surface area contributed by atoms with E-state index in [0.717, 1.165) is 4.90 Å². The van der Waals surface area contributed by atoms with Crippen LogP contribution in [0.4, 0.5) is 18.9 Å². The van der Waals surface area contributed by atoms with Crippen molar-refractivity contribution >= 4 is 21.6 Å². The molecular weight excluding hydrogens is 313 g/mol. The number of anilines is 1. The van der Waals surface area contributed by atoms with Gasteiger partial charge in [-0.2, -0.15) is 18.4 Å². The van der Waals surface area contributed by atoms with Gasteiger partial charge in [-0.1, -0.05) is 0 Å². The Hall–Kier alpha value is -1.26. The van der Waals surface area contributed by atoms with Crippen LogP contribution in [0.2, 0.25) is 0 Å². The molecule has 0 amide bonds. The van der Waals surface area contributed by atoms with Gasteiger partial charge in [-0.15, -0.1) is 0 Å². The molecule has 0 aliphatic carbocycles. The van der Waals surface area contributed by atoms with Gasteiger partial charge in [-0.3, -0.25) is 0 Å². The zero-order valence-corrected chi connectivity index (χ0v) is 10.8. The van der Waals surface area contributed by atoms with Crippen molar-refractivity contribution in [1.29, 1.82) is 5.26 Å². The van der Waals surface area contributed by atoms with E-state index in [4.69, 9.17) is 10.4 Å². The van der Waals surface area contributed by atoms with Crippen LogP contribution in [-0.4, -0.2) is 31.0 Å². The average Bonchev–Trinajstić information content (AvgIpc) is 2.26. The highest BCUT2D eigenvalue weighted by atomic mass is 79.9. The molecule has 0 aromatic heterocycles. The Morgan fingerprint density at radius 3 is 2.50 bits per heavy atom. The number of nitrogens with zero attached hydrogens (tertiary/aromatic N) is 2. The lowest BCUT2D eigenvalue weighted by Gasteiger charge is -2.26. The number of hydrogen-bond acceptors (Lipinski definition) is 3. The fourth-order valence-electron chi connectivity index (χ4n) is 1.45. The third-order valence-corrected chi connectivity index (χ3v) is 2.79. The topological polar surface area (TPSA) is 47.3 Å². The first-order valence-corrected chi connectivity index (χ1v) is 5.79. The SMILES string of the molecule is N#Cc1ccc(N(CCO)CC(F)(F)F)c(Br)c1. The monoisotopic (exact) mass is 322 g/mol. The summed E-state index contributed by atoms with van der Waals surface area (Å²) in [6.45, 7) is -1.68. The first-order valence-electron chi connectivity index (χ1n) is 4.99. The quantitative estimate of drug-likeness (QED) is 0.927. The van der Waals surface area contributed by atoms with Gasteiger partial charge in [0.1, 0.15) is 6.54 Å². The molecule has 1 N–H and O–H groups in total. The molecule has 0 aliphatic rings. The Labute approximate surface area is 111 Å². The summed E-state index contributed by atoms with van der Waals surface area (Å²) >= 11 is 3.12. The first-order chi connectivity index (χ1) is 8.37. The standard InChI is InChI=1S/C11H10BrF3N2O/c12-9-5-8(6-16)1-2-10(9)17(3-4-18)7-11(13,14)15/h1-2,5,18H,3-4,7H2. The minimum atomic E-state index is -4.36. The third kappa shape index (κ3) is 4.20. The summed E-state index contributed by atoms with van der Waals surface area (Å²) in [6, 6.07) is 6.19. The summed E-state index contributed by atoms with van der Waals surface area (Å²) in [5, 5.41) is 17.5. The van der Waals surface area contributed by atoms with Crippen molar-refractivity contribution in [2.24, 2.45) is 0 Å². The molecule has 7 heteroatoms. The highest BCUT2D eigenvalue weighted by Crippen LogP contribution is 2.29. The highest BCUT2D eigenvalue weighted by Gasteiger charge is 2.31. The highest BCUT2D eigenvalue weighted by molar-refractivity contribution is 9.10. The summed E-state index contributed by atoms with van der Waals surface area (Å²) < 4.78 is 37.6. The van der Waals surface area contributed by atoms with Gasteiger partial charge in [0.15, 0.2) is 0 Å². The lowest BCUT2D eigenvalue weighted by atomic mass is 10.2. The summed E-state index contributed by atoms with van der Waals surface area (Å²) in [4.78, 5) is 1.01. The second kappa shape index (κ2) is 6.07. The zero-order chi connectivity index (χ0) is 13.8. The molecular formula is C11H10BrF3N2O. The predicted molar refractivity (Wildman–Crippen MR) is 64.2 cm³/mol. The maximum atomic E-state index is 12.4. The largest absolute Gasteiger partial charge is 0.405 e. The molecule has 0 aliphatic heterocycles. The molecule has 1 aromatic carbocycles. The van der Waals surface area contributed by atoms with E-state index in [1.54, 1.807) is 0 Å². The number of alkyl halides is 3. The Morgan fingerprint density at radius 1 is 1.39 bits per heavy atom. The number of rotatable bonds is 4. The third-order valence-electron chi connectivity index (χ3n) is 2.16. The summed E-state index contributed by atoms with van der Waals surface area (Å²) in [7, 11) is 0. The van der Waals surface area contributed by atoms with E-state index < -0.39 is 12.7 Å². The predicted octanol–water partition coefficient (Wildman–Crippen LogP) is 2.68. The van der Waals surface area contributed by atoms with Crippen molar-refractivity contribution in [3.05, 3.63) is 28.2 Å². The van der Waals surface area contributed by atoms with E-state index in [2.05, 4.69) is 15.9 Å². The van der Waals surface area contributed by atoms with Crippen LogP contribution in [0.1, 0.15) is 5.56 Å². The second-order valence-corrected chi connectivity index (χ2v) is 4.39. The van der Waals surface area contributed by atoms with E-state index in [0.29, 0.717) is 15.7 Å². The van der Waals surface area contributed by atoms with Crippen LogP contribution >= 0.6 is 15.9 Å². The van der Waals surface area contributed by atoms with Crippen molar-refractivity contribution in [2.45, 2.75) is 6.18 Å². The second-order valence-electron chi connectivity index (χ2n) is 3.54. The van der Waals surface area contributed by atoms with E-state index >= 15 is 0 Å². The van der Waals surface area contributed by atoms with Crippen molar-refractivity contribution in [3.8, 4) is 6.07 Å². The van der Waals surface area contributed by atoms with Gasteiger partial charge in [0.25, 0.3) is 0 Å². The van der Waals surface area contributed by atoms with Crippen LogP contribution in [0.15, 0.2) is 22.7 Å². The van der Waals surface area contributed by atoms with Crippen LogP contribution < -0.4 is 4.90 Å². The number of aliphatic hydroxyl groups is 1. The molecule has 0 bridgehead atoms. The molecule has 3 nitrogen and oxygen atoms in total. The van der Waals surface area contributed by atoms with Gasteiger partial charge in [0.2, 0.25) is 0 Å². The zero-order valence-electron chi connectivity index (χ0n) is 9.21. The van der Waals surface area contributed by atoms with Gasteiger partial charge in [0, 0.05) is 11.0 Å². The Balaban J connectivity index is 3.03. The number of nitriles is 1. The van der Waals surface area contributed by atoms with Crippen molar-refractivity contribution in [3.63, 3.8) is 0 Å². The fourth-order valence-corrected chi connectivity index (χ4v) is 2.08. The van der Waals surface area contributed by atoms with Crippen molar-refractivity contribution in [2.75, 3.05) is 24.6 Å². The molecule has 0 fully saturated rings. The van der Waals surface area contributed by atoms with Gasteiger partial charge >= 0.3 is 6.18 Å². The Bertz CT molecular complexity index is 457. The first kappa shape index (κ1) is 14.8. The normalized spacial score (nSPS) is 11.1. The van der Waals surface area contributed by atoms with E-state index in [-0.39, 0.29) is 13.2 Å². The molecule has 1 aromatic rings. The molecule has 0 spiro atoms. The minimum absolute atomic E-state index is 0.135. The van der Waals surface area contributed by atoms with Crippen LogP contribution in [0.5, 0.6) is 0 Å². The molecule has 18 heavy (non-hydrogen) atoms. The summed E-state index contributed by atoms with van der Waals surface area (Å²) in [5.41, 5.74) is 0.641. The minimum Gasteiger partial charge on any atom is -0.395 e. The van der Waals surface area contributed by atoms with Crippen molar-refractivity contribution in [1.82, 2.24) is 0 Å². The smallest absolute Gasteiger partial charge is 0.395 e. The molecule has 0 heterocycles. The van der Waals surface area contributed by atoms with Crippen LogP contribution in [0.25, 0.3) is 0 Å². The number of aliphatic hydroxyl groups excluding tert-OH is 1. The maximum absolute atomic E-state index is 12.4. The molecule has 0 unspecified atom stereocenters. The molecule has 0 saturated carbocycles. The lowest BCUT2D eigenvalue weighted by Crippen LogP contribution is -2.36. The fraction of sp³-hybridized carbons (Fsp3) is 0.364. The molecule has 0 atom stereocenters. The summed E-state index contributed by atoms with van der Waals surface area (Å²) in [6.07, 6.45) is -4.36. The van der Waals surface area contributed by atoms with Gasteiger partial charge < -0.3 is 10.0 Å². The van der Waals surface area contributed by atoms with E-state index in [9.17, 15) is 13.2 Å². The van der Waals surface area contributed by atoms with E-state index in [1.807, 2.05) is 6.07 Å². The van der Waals surface area contributed by atoms with Crippen LogP contribution in [0.3, 0.4) is 0 Å². The Kier molecular flexibility index (Phi) is 4.99. The lowest BCUT2D eigenvalue weighted by molar-refractivity contribution is -0.119. The van der Waals surface area contributed by atoms with Gasteiger partial charge in [-0.05, 0) is 34.1 Å². The Morgan fingerprint density at radius 2 is 2.06 bits per heavy atom. The van der Waals surface area contributed by atoms with Gasteiger partial charge in [0.05, 0.1) is 23.9 Å². The summed E-state index contributed by atoms with van der Waals surface area (Å²) in [5.74, 6) is 0. The molecule has 0 saturated heterocycles. The average molecular weight is 323 g/mol. The molecule has 0 radical (unpaired) electrons. The van der Waals surface area contributed by atoms with E-state index in [1.165, 1.54) is 18.2 Å². The van der Waals surface area contributed by atoms with Gasteiger partial charge in [-0.25, -0.2) is 0 Å². The van der Waals surface area contributed by atoms with Crippen LogP contribution in [0, 0.1) is 11.3 Å².